The molecular weight excluding hydrogens is 416 g/mol. The second-order valence-corrected chi connectivity index (χ2v) is 8.64. The standard InChI is InChI=1S/C23H30N2O7/c1-23(2,3)32-22(28)24-10-8-15-6-7-17(12-16(15)9-11-24)25-14-31-13-18(20(26)29-4)19(25)21(27)30-5/h6-7,12H,8-11,13-14H2,1-5H3. The largest absolute Gasteiger partial charge is 0.466 e. The lowest BCUT2D eigenvalue weighted by atomic mass is 10.0. The van der Waals surface area contributed by atoms with E-state index in [0.29, 0.717) is 31.6 Å². The van der Waals surface area contributed by atoms with Gasteiger partial charge < -0.3 is 28.7 Å². The number of hydrogen-bond acceptors (Lipinski definition) is 8. The summed E-state index contributed by atoms with van der Waals surface area (Å²) in [6.07, 6.45) is 1.00. The summed E-state index contributed by atoms with van der Waals surface area (Å²) >= 11 is 0. The van der Waals surface area contributed by atoms with Crippen LogP contribution in [0.25, 0.3) is 0 Å². The molecule has 0 unspecified atom stereocenters. The van der Waals surface area contributed by atoms with Crippen LogP contribution < -0.4 is 4.90 Å². The number of fused-ring (bicyclic) bond motifs is 1. The van der Waals surface area contributed by atoms with E-state index in [2.05, 4.69) is 0 Å². The Morgan fingerprint density at radius 2 is 1.62 bits per heavy atom. The number of benzene rings is 1. The average Bonchev–Trinajstić information content (AvgIpc) is 2.98. The van der Waals surface area contributed by atoms with Gasteiger partial charge in [0.1, 0.15) is 18.0 Å². The average molecular weight is 447 g/mol. The van der Waals surface area contributed by atoms with Gasteiger partial charge in [0, 0.05) is 18.8 Å². The van der Waals surface area contributed by atoms with E-state index in [0.717, 1.165) is 11.1 Å². The number of nitrogens with zero attached hydrogens (tertiary/aromatic N) is 2. The molecule has 0 saturated heterocycles. The summed E-state index contributed by atoms with van der Waals surface area (Å²) in [5, 5.41) is 0. The molecule has 0 spiro atoms. The number of esters is 2. The van der Waals surface area contributed by atoms with Gasteiger partial charge in [-0.05, 0) is 56.9 Å². The van der Waals surface area contributed by atoms with Crippen molar-refractivity contribution in [3.8, 4) is 0 Å². The van der Waals surface area contributed by atoms with E-state index in [4.69, 9.17) is 18.9 Å². The van der Waals surface area contributed by atoms with Crippen molar-refractivity contribution >= 4 is 23.7 Å². The monoisotopic (exact) mass is 446 g/mol. The first-order valence-electron chi connectivity index (χ1n) is 10.5. The van der Waals surface area contributed by atoms with Crippen molar-refractivity contribution in [3.05, 3.63) is 40.6 Å². The number of carbonyl (C=O) groups excluding carboxylic acids is 3. The maximum absolute atomic E-state index is 12.5. The second kappa shape index (κ2) is 9.60. The number of hydrogen-bond donors (Lipinski definition) is 0. The Bertz CT molecular complexity index is 933. The molecule has 1 aromatic carbocycles. The maximum atomic E-state index is 12.5. The zero-order valence-corrected chi connectivity index (χ0v) is 19.2. The topological polar surface area (TPSA) is 94.6 Å². The van der Waals surface area contributed by atoms with Crippen molar-refractivity contribution in [2.45, 2.75) is 39.2 Å². The van der Waals surface area contributed by atoms with Crippen molar-refractivity contribution in [2.24, 2.45) is 0 Å². The molecule has 0 saturated carbocycles. The summed E-state index contributed by atoms with van der Waals surface area (Å²) < 4.78 is 20.8. The van der Waals surface area contributed by atoms with Crippen molar-refractivity contribution < 1.29 is 33.3 Å². The Labute approximate surface area is 187 Å². The molecular formula is C23H30N2O7. The molecule has 1 aromatic rings. The van der Waals surface area contributed by atoms with Crippen LogP contribution in [-0.4, -0.2) is 69.2 Å². The summed E-state index contributed by atoms with van der Waals surface area (Å²) in [6, 6.07) is 5.81. The zero-order valence-electron chi connectivity index (χ0n) is 19.2. The van der Waals surface area contributed by atoms with Crippen LogP contribution in [0.1, 0.15) is 31.9 Å². The number of methoxy groups -OCH3 is 2. The second-order valence-electron chi connectivity index (χ2n) is 8.64. The van der Waals surface area contributed by atoms with Gasteiger partial charge in [-0.15, -0.1) is 0 Å². The first-order valence-corrected chi connectivity index (χ1v) is 10.5. The molecule has 0 bridgehead atoms. The van der Waals surface area contributed by atoms with Crippen molar-refractivity contribution in [1.82, 2.24) is 4.90 Å². The highest BCUT2D eigenvalue weighted by Crippen LogP contribution is 2.30. The van der Waals surface area contributed by atoms with Gasteiger partial charge in [-0.2, -0.15) is 0 Å². The third-order valence-electron chi connectivity index (χ3n) is 5.29. The number of anilines is 1. The Morgan fingerprint density at radius 3 is 2.25 bits per heavy atom. The Kier molecular flexibility index (Phi) is 7.08. The number of amides is 1. The van der Waals surface area contributed by atoms with Gasteiger partial charge in [0.2, 0.25) is 0 Å². The fourth-order valence-electron chi connectivity index (χ4n) is 3.74. The fraction of sp³-hybridized carbons (Fsp3) is 0.522. The van der Waals surface area contributed by atoms with Gasteiger partial charge in [-0.1, -0.05) is 6.07 Å². The number of carbonyl (C=O) groups is 3. The smallest absolute Gasteiger partial charge is 0.410 e. The summed E-state index contributed by atoms with van der Waals surface area (Å²) in [5.41, 5.74) is 2.53. The highest BCUT2D eigenvalue weighted by Gasteiger charge is 2.33. The minimum atomic E-state index is -0.641. The Morgan fingerprint density at radius 1 is 0.969 bits per heavy atom. The highest BCUT2D eigenvalue weighted by molar-refractivity contribution is 6.03. The predicted molar refractivity (Wildman–Crippen MR) is 116 cm³/mol. The molecule has 0 N–H and O–H groups in total. The van der Waals surface area contributed by atoms with E-state index in [9.17, 15) is 14.4 Å². The molecule has 2 heterocycles. The molecule has 32 heavy (non-hydrogen) atoms. The van der Waals surface area contributed by atoms with E-state index in [1.165, 1.54) is 14.2 Å². The fourth-order valence-corrected chi connectivity index (χ4v) is 3.74. The van der Waals surface area contributed by atoms with Gasteiger partial charge >= 0.3 is 18.0 Å². The van der Waals surface area contributed by atoms with E-state index in [-0.39, 0.29) is 30.7 Å². The minimum Gasteiger partial charge on any atom is -0.466 e. The molecule has 0 radical (unpaired) electrons. The van der Waals surface area contributed by atoms with Gasteiger partial charge in [0.05, 0.1) is 26.4 Å². The molecule has 9 heteroatoms. The molecule has 3 rings (SSSR count). The molecule has 0 fully saturated rings. The minimum absolute atomic E-state index is 0.0383. The van der Waals surface area contributed by atoms with Crippen LogP contribution in [0.4, 0.5) is 10.5 Å². The SMILES string of the molecule is COC(=O)C1=C(C(=O)OC)N(c2ccc3c(c2)CCN(C(=O)OC(C)(C)C)CC3)COC1. The van der Waals surface area contributed by atoms with Crippen LogP contribution in [0.5, 0.6) is 0 Å². The van der Waals surface area contributed by atoms with Gasteiger partial charge in [0.15, 0.2) is 0 Å². The van der Waals surface area contributed by atoms with Gasteiger partial charge in [-0.3, -0.25) is 0 Å². The van der Waals surface area contributed by atoms with Crippen LogP contribution in [0, 0.1) is 0 Å². The Hall–Kier alpha value is -3.07. The van der Waals surface area contributed by atoms with Crippen molar-refractivity contribution in [2.75, 3.05) is 45.5 Å². The molecule has 9 nitrogen and oxygen atoms in total. The molecule has 2 aliphatic heterocycles. The van der Waals surface area contributed by atoms with E-state index >= 15 is 0 Å². The first kappa shape index (κ1) is 23.6. The van der Waals surface area contributed by atoms with Gasteiger partial charge in [0.25, 0.3) is 0 Å². The molecule has 0 atom stereocenters. The highest BCUT2D eigenvalue weighted by atomic mass is 16.6. The zero-order chi connectivity index (χ0) is 23.5. The van der Waals surface area contributed by atoms with Crippen LogP contribution in [0.3, 0.4) is 0 Å². The van der Waals surface area contributed by atoms with Crippen molar-refractivity contribution in [3.63, 3.8) is 0 Å². The predicted octanol–water partition coefficient (Wildman–Crippen LogP) is 2.42. The van der Waals surface area contributed by atoms with E-state index in [1.807, 2.05) is 39.0 Å². The number of ether oxygens (including phenoxy) is 4. The number of rotatable bonds is 3. The molecule has 0 aromatic heterocycles. The van der Waals surface area contributed by atoms with E-state index < -0.39 is 17.5 Å². The third kappa shape index (κ3) is 5.21. The van der Waals surface area contributed by atoms with E-state index in [1.54, 1.807) is 9.80 Å². The lowest BCUT2D eigenvalue weighted by Crippen LogP contribution is -2.38. The molecule has 1 amide bonds. The molecule has 0 aliphatic carbocycles. The maximum Gasteiger partial charge on any atom is 0.410 e. The molecule has 174 valence electrons. The summed E-state index contributed by atoms with van der Waals surface area (Å²) in [4.78, 5) is 40.5. The summed E-state index contributed by atoms with van der Waals surface area (Å²) in [7, 11) is 2.52. The third-order valence-corrected chi connectivity index (χ3v) is 5.29. The first-order chi connectivity index (χ1) is 15.1. The quantitative estimate of drug-likeness (QED) is 0.516. The lowest BCUT2D eigenvalue weighted by molar-refractivity contribution is -0.140. The summed E-state index contributed by atoms with van der Waals surface area (Å²) in [5.74, 6) is -1.28. The Balaban J connectivity index is 1.87. The van der Waals surface area contributed by atoms with Crippen LogP contribution in [-0.2, 0) is 41.4 Å². The van der Waals surface area contributed by atoms with Crippen LogP contribution in [0.2, 0.25) is 0 Å². The van der Waals surface area contributed by atoms with Crippen molar-refractivity contribution in [1.29, 1.82) is 0 Å². The summed E-state index contributed by atoms with van der Waals surface area (Å²) in [6.45, 7) is 6.68. The lowest BCUT2D eigenvalue weighted by Gasteiger charge is -2.31. The van der Waals surface area contributed by atoms with Crippen LogP contribution in [0.15, 0.2) is 29.5 Å². The molecule has 2 aliphatic rings. The van der Waals surface area contributed by atoms with Crippen LogP contribution >= 0.6 is 0 Å². The van der Waals surface area contributed by atoms with Gasteiger partial charge in [-0.25, -0.2) is 14.4 Å². The normalized spacial score (nSPS) is 16.8.